The lowest BCUT2D eigenvalue weighted by molar-refractivity contribution is -0.870. The Morgan fingerprint density at radius 3 is 1.76 bits per heavy atom. The maximum atomic E-state index is 11.8. The first-order valence-electron chi connectivity index (χ1n) is 13.7. The van der Waals surface area contributed by atoms with Gasteiger partial charge in [0.2, 0.25) is 11.3 Å². The Hall–Kier alpha value is 1.07. The van der Waals surface area contributed by atoms with E-state index in [1.54, 1.807) is 11.4 Å². The summed E-state index contributed by atoms with van der Waals surface area (Å²) in [5.41, 5.74) is 0. The van der Waals surface area contributed by atoms with E-state index in [1.165, 1.54) is 89.9 Å². The molecule has 8 heteroatoms. The normalized spacial score (nSPS) is 15.1. The molecular weight excluding hydrogens is 579 g/mol. The van der Waals surface area contributed by atoms with Crippen molar-refractivity contribution in [1.29, 1.82) is 0 Å². The van der Waals surface area contributed by atoms with Crippen LogP contribution < -0.4 is 0 Å². The van der Waals surface area contributed by atoms with Gasteiger partial charge in [0.15, 0.2) is 0 Å². The Bertz CT molecular complexity index is 481. The standard InChI is InChI=1S/C26H55IN2O3S2/c1-6-7-8-9-10-11-12-13-14-15-16-17-18-19-23-33-26(27)25(32-5)24-28(34(30)31)21-20-22-29(2,3)4/h25-26H,6-24H2,1-5H3/p+1. The van der Waals surface area contributed by atoms with Crippen molar-refractivity contribution in [2.24, 2.45) is 0 Å². The molecule has 0 aromatic carbocycles. The number of halogens is 1. The zero-order valence-corrected chi connectivity index (χ0v) is 26.7. The topological polar surface area (TPSA) is 49.8 Å². The highest BCUT2D eigenvalue weighted by Crippen LogP contribution is 2.26. The summed E-state index contributed by atoms with van der Waals surface area (Å²) in [4.78, 5) is 0. The minimum Gasteiger partial charge on any atom is -0.378 e. The molecule has 0 aliphatic rings. The number of ether oxygens (including phenoxy) is 1. The Kier molecular flexibility index (Phi) is 23.9. The number of methoxy groups -OCH3 is 1. The molecular formula is C26H56IN2O3S2+. The number of nitrogens with zero attached hydrogens (tertiary/aromatic N) is 2. The third kappa shape index (κ3) is 22.3. The SMILES string of the molecule is CCCCCCCCCCCCCCCCSC(I)C(CN(CCC[N+](C)(C)C)S(=O)O)OC. The summed E-state index contributed by atoms with van der Waals surface area (Å²) in [6.07, 6.45) is 20.3. The van der Waals surface area contributed by atoms with E-state index in [-0.39, 0.29) is 9.36 Å². The molecule has 0 aromatic heterocycles. The summed E-state index contributed by atoms with van der Waals surface area (Å²) >= 11 is 2.41. The van der Waals surface area contributed by atoms with Crippen LogP contribution in [0.4, 0.5) is 0 Å². The lowest BCUT2D eigenvalue weighted by Gasteiger charge is -2.28. The predicted octanol–water partition coefficient (Wildman–Crippen LogP) is 7.51. The number of quaternary nitrogens is 1. The first kappa shape index (κ1) is 35.1. The fraction of sp³-hybridized carbons (Fsp3) is 1.00. The number of rotatable bonds is 25. The van der Waals surface area contributed by atoms with Crippen LogP contribution in [0.1, 0.15) is 103 Å². The van der Waals surface area contributed by atoms with Crippen LogP contribution >= 0.6 is 34.4 Å². The van der Waals surface area contributed by atoms with Crippen LogP contribution in [0.5, 0.6) is 0 Å². The average Bonchev–Trinajstić information content (AvgIpc) is 2.77. The molecule has 1 N–H and O–H groups in total. The van der Waals surface area contributed by atoms with Gasteiger partial charge in [0.25, 0.3) is 0 Å². The molecule has 0 rings (SSSR count). The highest BCUT2D eigenvalue weighted by atomic mass is 127. The van der Waals surface area contributed by atoms with Gasteiger partial charge in [0.05, 0.1) is 37.0 Å². The third-order valence-corrected chi connectivity index (χ3v) is 10.0. The van der Waals surface area contributed by atoms with Crippen molar-refractivity contribution < 1.29 is 18.0 Å². The minimum atomic E-state index is -1.95. The molecule has 34 heavy (non-hydrogen) atoms. The largest absolute Gasteiger partial charge is 0.378 e. The maximum Gasteiger partial charge on any atom is 0.234 e. The highest BCUT2D eigenvalue weighted by Gasteiger charge is 2.24. The molecule has 3 unspecified atom stereocenters. The molecule has 0 radical (unpaired) electrons. The minimum absolute atomic E-state index is 0.0440. The monoisotopic (exact) mass is 635 g/mol. The van der Waals surface area contributed by atoms with Gasteiger partial charge in [-0.1, -0.05) is 113 Å². The Morgan fingerprint density at radius 2 is 1.35 bits per heavy atom. The van der Waals surface area contributed by atoms with Crippen molar-refractivity contribution in [2.75, 3.05) is 53.6 Å². The lowest BCUT2D eigenvalue weighted by atomic mass is 10.0. The number of hydrogen-bond donors (Lipinski definition) is 1. The molecule has 0 aliphatic carbocycles. The van der Waals surface area contributed by atoms with Crippen molar-refractivity contribution in [2.45, 2.75) is 113 Å². The summed E-state index contributed by atoms with van der Waals surface area (Å²) in [6.45, 7) is 4.37. The van der Waals surface area contributed by atoms with Crippen molar-refractivity contribution >= 4 is 45.6 Å². The zero-order valence-electron chi connectivity index (χ0n) is 22.9. The molecule has 3 atom stereocenters. The Morgan fingerprint density at radius 1 is 0.882 bits per heavy atom. The van der Waals surface area contributed by atoms with E-state index in [4.69, 9.17) is 4.74 Å². The first-order valence-corrected chi connectivity index (χ1v) is 17.0. The molecule has 0 aromatic rings. The van der Waals surface area contributed by atoms with E-state index in [0.717, 1.165) is 23.2 Å². The summed E-state index contributed by atoms with van der Waals surface area (Å²) in [5, 5.41) is 0. The Labute approximate surface area is 233 Å². The van der Waals surface area contributed by atoms with Crippen LogP contribution in [-0.4, -0.2) is 80.6 Å². The van der Waals surface area contributed by atoms with E-state index in [9.17, 15) is 8.76 Å². The van der Waals surface area contributed by atoms with Gasteiger partial charge < -0.3 is 9.22 Å². The summed E-state index contributed by atoms with van der Waals surface area (Å²) in [5.74, 6) is 1.13. The Balaban J connectivity index is 3.81. The van der Waals surface area contributed by atoms with Crippen LogP contribution in [-0.2, 0) is 16.0 Å². The van der Waals surface area contributed by atoms with Crippen LogP contribution in [0, 0.1) is 0 Å². The number of hydrogen-bond acceptors (Lipinski definition) is 3. The molecule has 0 amide bonds. The molecule has 0 saturated carbocycles. The fourth-order valence-corrected chi connectivity index (χ4v) is 6.87. The van der Waals surface area contributed by atoms with Gasteiger partial charge in [-0.25, -0.2) is 4.21 Å². The second kappa shape index (κ2) is 23.2. The van der Waals surface area contributed by atoms with Crippen LogP contribution in [0.3, 0.4) is 0 Å². The number of unbranched alkanes of at least 4 members (excludes halogenated alkanes) is 13. The second-order valence-electron chi connectivity index (χ2n) is 10.6. The molecule has 0 fully saturated rings. The maximum absolute atomic E-state index is 11.8. The van der Waals surface area contributed by atoms with Gasteiger partial charge in [0.1, 0.15) is 0 Å². The van der Waals surface area contributed by atoms with Gasteiger partial charge in [0, 0.05) is 26.6 Å². The van der Waals surface area contributed by atoms with Crippen molar-refractivity contribution in [1.82, 2.24) is 4.31 Å². The number of thioether (sulfide) groups is 1. The quantitative estimate of drug-likeness (QED) is 0.0371. The molecule has 0 spiro atoms. The highest BCUT2D eigenvalue weighted by molar-refractivity contribution is 14.1. The average molecular weight is 636 g/mol. The van der Waals surface area contributed by atoms with E-state index < -0.39 is 11.3 Å². The van der Waals surface area contributed by atoms with E-state index in [2.05, 4.69) is 50.7 Å². The predicted molar refractivity (Wildman–Crippen MR) is 161 cm³/mol. The zero-order chi connectivity index (χ0) is 25.7. The molecule has 0 aliphatic heterocycles. The smallest absolute Gasteiger partial charge is 0.234 e. The molecule has 0 saturated heterocycles. The summed E-state index contributed by atoms with van der Waals surface area (Å²) in [6, 6.07) is 0. The summed E-state index contributed by atoms with van der Waals surface area (Å²) < 4.78 is 30.0. The van der Waals surface area contributed by atoms with Gasteiger partial charge in [-0.15, -0.1) is 11.8 Å². The lowest BCUT2D eigenvalue weighted by Crippen LogP contribution is -2.41. The van der Waals surface area contributed by atoms with Gasteiger partial charge in [-0.2, -0.15) is 4.31 Å². The van der Waals surface area contributed by atoms with Crippen molar-refractivity contribution in [3.8, 4) is 0 Å². The van der Waals surface area contributed by atoms with Crippen molar-refractivity contribution in [3.63, 3.8) is 0 Å². The van der Waals surface area contributed by atoms with Crippen molar-refractivity contribution in [3.05, 3.63) is 0 Å². The van der Waals surface area contributed by atoms with E-state index in [1.807, 2.05) is 11.8 Å². The third-order valence-electron chi connectivity index (χ3n) is 6.21. The molecule has 0 heterocycles. The van der Waals surface area contributed by atoms with Gasteiger partial charge in [-0.05, 0) is 12.2 Å². The van der Waals surface area contributed by atoms with Gasteiger partial charge in [-0.3, -0.25) is 4.55 Å². The van der Waals surface area contributed by atoms with E-state index >= 15 is 0 Å². The van der Waals surface area contributed by atoms with Crippen LogP contribution in [0.25, 0.3) is 0 Å². The van der Waals surface area contributed by atoms with Gasteiger partial charge >= 0.3 is 0 Å². The molecule has 5 nitrogen and oxygen atoms in total. The molecule has 206 valence electrons. The fourth-order valence-electron chi connectivity index (χ4n) is 4.02. The van der Waals surface area contributed by atoms with Crippen LogP contribution in [0.2, 0.25) is 0 Å². The molecule has 0 bridgehead atoms. The number of alkyl halides is 1. The first-order chi connectivity index (χ1) is 16.2. The summed E-state index contributed by atoms with van der Waals surface area (Å²) in [7, 11) is 8.15. The van der Waals surface area contributed by atoms with Crippen LogP contribution in [0.15, 0.2) is 0 Å². The second-order valence-corrected chi connectivity index (χ2v) is 15.0. The van der Waals surface area contributed by atoms with E-state index in [0.29, 0.717) is 13.1 Å².